The topological polar surface area (TPSA) is 83.8 Å². The number of pyridine rings is 1. The van der Waals surface area contributed by atoms with E-state index in [0.717, 1.165) is 12.8 Å². The van der Waals surface area contributed by atoms with Gasteiger partial charge in [0, 0.05) is 25.5 Å². The molecule has 4 rings (SSSR count). The number of fused-ring (bicyclic) bond motifs is 1. The molecule has 0 bridgehead atoms. The van der Waals surface area contributed by atoms with Gasteiger partial charge in [-0.2, -0.15) is 4.31 Å². The van der Waals surface area contributed by atoms with Crippen molar-refractivity contribution < 1.29 is 13.2 Å². The molecule has 29 heavy (non-hydrogen) atoms. The molecule has 1 aromatic carbocycles. The normalized spacial score (nSPS) is 15.1. The molecule has 0 saturated carbocycles. The lowest BCUT2D eigenvalue weighted by molar-refractivity contribution is 0.0950. The number of imidazole rings is 1. The molecule has 1 N–H and O–H groups in total. The first-order valence-corrected chi connectivity index (χ1v) is 11.3. The summed E-state index contributed by atoms with van der Waals surface area (Å²) in [5.41, 5.74) is 1.45. The van der Waals surface area contributed by atoms with E-state index in [0.29, 0.717) is 29.5 Å². The van der Waals surface area contributed by atoms with Crippen LogP contribution in [0.2, 0.25) is 10.0 Å². The smallest absolute Gasteiger partial charge is 0.253 e. The Bertz CT molecular complexity index is 1190. The van der Waals surface area contributed by atoms with Crippen LogP contribution >= 0.6 is 23.2 Å². The van der Waals surface area contributed by atoms with Crippen LogP contribution in [0.15, 0.2) is 47.6 Å². The van der Waals surface area contributed by atoms with E-state index >= 15 is 0 Å². The molecule has 0 spiro atoms. The van der Waals surface area contributed by atoms with E-state index in [2.05, 4.69) is 10.3 Å². The van der Waals surface area contributed by atoms with E-state index in [1.54, 1.807) is 28.9 Å². The standard InChI is InChI=1S/C19H18Cl2N4O3S/c20-13-3-6-18-23-14(12-24(18)11-13)10-22-19(26)16-9-15(4-5-17(16)21)29(27,28)25-7-1-2-8-25/h3-6,9,11-12H,1-2,7-8,10H2,(H,22,26). The number of carbonyl (C=O) groups excluding carboxylic acids is 1. The molecule has 0 unspecified atom stereocenters. The Hall–Kier alpha value is -2.13. The highest BCUT2D eigenvalue weighted by molar-refractivity contribution is 7.89. The SMILES string of the molecule is O=C(NCc1cn2cc(Cl)ccc2n1)c1cc(S(=O)(=O)N2CCCC2)ccc1Cl. The van der Waals surface area contributed by atoms with Gasteiger partial charge in [-0.15, -0.1) is 0 Å². The van der Waals surface area contributed by atoms with Gasteiger partial charge in [0.1, 0.15) is 5.65 Å². The summed E-state index contributed by atoms with van der Waals surface area (Å²) in [6.07, 6.45) is 5.16. The summed E-state index contributed by atoms with van der Waals surface area (Å²) in [6.45, 7) is 1.15. The number of hydrogen-bond donors (Lipinski definition) is 1. The second-order valence-electron chi connectivity index (χ2n) is 6.78. The maximum atomic E-state index is 12.8. The number of hydrogen-bond acceptors (Lipinski definition) is 4. The van der Waals surface area contributed by atoms with Crippen LogP contribution < -0.4 is 5.32 Å². The summed E-state index contributed by atoms with van der Waals surface area (Å²) in [5.74, 6) is -0.469. The van der Waals surface area contributed by atoms with Gasteiger partial charge in [-0.05, 0) is 43.2 Å². The number of halogens is 2. The first kappa shape index (κ1) is 20.2. The van der Waals surface area contributed by atoms with E-state index in [-0.39, 0.29) is 22.0 Å². The quantitative estimate of drug-likeness (QED) is 0.642. The Kier molecular flexibility index (Phi) is 5.52. The number of benzene rings is 1. The van der Waals surface area contributed by atoms with Crippen molar-refractivity contribution in [1.82, 2.24) is 19.0 Å². The van der Waals surface area contributed by atoms with Crippen molar-refractivity contribution >= 4 is 44.8 Å². The molecule has 2 aromatic heterocycles. The molecule has 3 heterocycles. The maximum Gasteiger partial charge on any atom is 0.253 e. The molecular formula is C19H18Cl2N4O3S. The van der Waals surface area contributed by atoms with Gasteiger partial charge in [0.15, 0.2) is 0 Å². The number of nitrogens with one attached hydrogen (secondary N) is 1. The minimum absolute atomic E-state index is 0.0660. The molecule has 7 nitrogen and oxygen atoms in total. The first-order chi connectivity index (χ1) is 13.8. The number of nitrogens with zero attached hydrogens (tertiary/aromatic N) is 3. The molecule has 1 aliphatic rings. The molecule has 0 aliphatic carbocycles. The zero-order chi connectivity index (χ0) is 20.6. The first-order valence-electron chi connectivity index (χ1n) is 9.05. The number of carbonyl (C=O) groups is 1. The Labute approximate surface area is 178 Å². The summed E-state index contributed by atoms with van der Waals surface area (Å²) in [4.78, 5) is 17.1. The van der Waals surface area contributed by atoms with Crippen LogP contribution in [-0.4, -0.2) is 41.1 Å². The van der Waals surface area contributed by atoms with Crippen molar-refractivity contribution in [2.24, 2.45) is 0 Å². The molecule has 152 valence electrons. The van der Waals surface area contributed by atoms with E-state index in [4.69, 9.17) is 23.2 Å². The summed E-state index contributed by atoms with van der Waals surface area (Å²) in [5, 5.41) is 3.50. The van der Waals surface area contributed by atoms with Gasteiger partial charge in [0.2, 0.25) is 10.0 Å². The molecule has 1 aliphatic heterocycles. The van der Waals surface area contributed by atoms with Crippen LogP contribution in [0.3, 0.4) is 0 Å². The van der Waals surface area contributed by atoms with E-state index in [1.165, 1.54) is 22.5 Å². The highest BCUT2D eigenvalue weighted by atomic mass is 35.5. The van der Waals surface area contributed by atoms with Gasteiger partial charge >= 0.3 is 0 Å². The van der Waals surface area contributed by atoms with E-state index < -0.39 is 15.9 Å². The molecule has 3 aromatic rings. The van der Waals surface area contributed by atoms with Crippen LogP contribution in [0.4, 0.5) is 0 Å². The molecule has 1 saturated heterocycles. The summed E-state index contributed by atoms with van der Waals surface area (Å²) < 4.78 is 28.7. The van der Waals surface area contributed by atoms with Gasteiger partial charge in [-0.25, -0.2) is 13.4 Å². The summed E-state index contributed by atoms with van der Waals surface area (Å²) in [6, 6.07) is 7.70. The van der Waals surface area contributed by atoms with Crippen molar-refractivity contribution in [3.8, 4) is 0 Å². The van der Waals surface area contributed by atoms with Crippen molar-refractivity contribution in [1.29, 1.82) is 0 Å². The third-order valence-corrected chi connectivity index (χ3v) is 7.23. The zero-order valence-corrected chi connectivity index (χ0v) is 17.6. The lowest BCUT2D eigenvalue weighted by atomic mass is 10.2. The highest BCUT2D eigenvalue weighted by Crippen LogP contribution is 2.25. The Balaban J connectivity index is 1.53. The number of rotatable bonds is 5. The third kappa shape index (κ3) is 4.11. The average Bonchev–Trinajstić information content (AvgIpc) is 3.36. The molecule has 10 heteroatoms. The van der Waals surface area contributed by atoms with Crippen LogP contribution in [0, 0.1) is 0 Å². The van der Waals surface area contributed by atoms with Gasteiger partial charge in [0.05, 0.1) is 32.7 Å². The van der Waals surface area contributed by atoms with Crippen molar-refractivity contribution in [2.45, 2.75) is 24.3 Å². The van der Waals surface area contributed by atoms with Crippen LogP contribution in [0.25, 0.3) is 5.65 Å². The summed E-state index contributed by atoms with van der Waals surface area (Å²) >= 11 is 12.1. The number of sulfonamides is 1. The van der Waals surface area contributed by atoms with Crippen molar-refractivity contribution in [3.05, 3.63) is 64.0 Å². The predicted octanol–water partition coefficient (Wildman–Crippen LogP) is 3.36. The van der Waals surface area contributed by atoms with Gasteiger partial charge in [0.25, 0.3) is 5.91 Å². The minimum atomic E-state index is -3.63. The second-order valence-corrected chi connectivity index (χ2v) is 9.56. The van der Waals surface area contributed by atoms with E-state index in [9.17, 15) is 13.2 Å². The second kappa shape index (κ2) is 7.95. The van der Waals surface area contributed by atoms with Crippen LogP contribution in [0.1, 0.15) is 28.9 Å². The van der Waals surface area contributed by atoms with Gasteiger partial charge in [-0.3, -0.25) is 4.79 Å². The van der Waals surface area contributed by atoms with Gasteiger partial charge < -0.3 is 9.72 Å². The average molecular weight is 453 g/mol. The fraction of sp³-hybridized carbons (Fsp3) is 0.263. The molecule has 0 atom stereocenters. The van der Waals surface area contributed by atoms with Crippen LogP contribution in [-0.2, 0) is 16.6 Å². The van der Waals surface area contributed by atoms with Gasteiger partial charge in [-0.1, -0.05) is 23.2 Å². The molecule has 1 fully saturated rings. The Morgan fingerprint density at radius 3 is 2.62 bits per heavy atom. The predicted molar refractivity (Wildman–Crippen MR) is 111 cm³/mol. The van der Waals surface area contributed by atoms with E-state index in [1.807, 2.05) is 0 Å². The fourth-order valence-corrected chi connectivity index (χ4v) is 5.20. The Morgan fingerprint density at radius 2 is 1.86 bits per heavy atom. The highest BCUT2D eigenvalue weighted by Gasteiger charge is 2.28. The molecule has 0 radical (unpaired) electrons. The van der Waals surface area contributed by atoms with Crippen molar-refractivity contribution in [2.75, 3.05) is 13.1 Å². The molecular weight excluding hydrogens is 435 g/mol. The molecule has 1 amide bonds. The van der Waals surface area contributed by atoms with Crippen molar-refractivity contribution in [3.63, 3.8) is 0 Å². The monoisotopic (exact) mass is 452 g/mol. The zero-order valence-electron chi connectivity index (χ0n) is 15.3. The maximum absolute atomic E-state index is 12.8. The number of aromatic nitrogens is 2. The largest absolute Gasteiger partial charge is 0.346 e. The minimum Gasteiger partial charge on any atom is -0.346 e. The summed E-state index contributed by atoms with van der Waals surface area (Å²) in [7, 11) is -3.63. The lowest BCUT2D eigenvalue weighted by Gasteiger charge is -2.16. The number of amides is 1. The fourth-order valence-electron chi connectivity index (χ4n) is 3.28. The third-order valence-electron chi connectivity index (χ3n) is 4.78. The van der Waals surface area contributed by atoms with Crippen LogP contribution in [0.5, 0.6) is 0 Å². The Morgan fingerprint density at radius 1 is 1.10 bits per heavy atom. The lowest BCUT2D eigenvalue weighted by Crippen LogP contribution is -2.28.